The van der Waals surface area contributed by atoms with Crippen LogP contribution in [0.15, 0.2) is 52.5 Å². The van der Waals surface area contributed by atoms with E-state index in [0.717, 1.165) is 0 Å². The molecule has 0 aliphatic rings. The second-order valence-corrected chi connectivity index (χ2v) is 5.52. The summed E-state index contributed by atoms with van der Waals surface area (Å²) in [6.45, 7) is 0. The Kier molecular flexibility index (Phi) is 4.10. The number of halogens is 1. The van der Waals surface area contributed by atoms with Crippen LogP contribution in [0.1, 0.15) is 0 Å². The van der Waals surface area contributed by atoms with Gasteiger partial charge in [-0.2, -0.15) is 15.8 Å². The Hall–Kier alpha value is -3.79. The summed E-state index contributed by atoms with van der Waals surface area (Å²) in [4.78, 5) is 15.8. The van der Waals surface area contributed by atoms with Crippen LogP contribution in [0.3, 0.4) is 0 Å². The Balaban J connectivity index is 2.31. The van der Waals surface area contributed by atoms with Crippen molar-refractivity contribution in [2.75, 3.05) is 5.32 Å². The first-order chi connectivity index (χ1) is 12.1. The van der Waals surface area contributed by atoms with E-state index in [1.54, 1.807) is 54.6 Å². The summed E-state index contributed by atoms with van der Waals surface area (Å²) in [6, 6.07) is 15.0. The van der Waals surface area contributed by atoms with E-state index in [1.165, 1.54) is 0 Å². The average Bonchev–Trinajstić information content (AvgIpc) is 2.63. The SMILES string of the molecule is N#CC(C#N)=C(C#N)Nc1cccc2c(=O)c3cc(Cl)ccc3[nH]c12. The van der Waals surface area contributed by atoms with Crippen molar-refractivity contribution in [2.45, 2.75) is 0 Å². The van der Waals surface area contributed by atoms with Crippen LogP contribution in [-0.4, -0.2) is 4.98 Å². The van der Waals surface area contributed by atoms with Gasteiger partial charge in [0, 0.05) is 21.3 Å². The highest BCUT2D eigenvalue weighted by Gasteiger charge is 2.12. The smallest absolute Gasteiger partial charge is 0.197 e. The lowest BCUT2D eigenvalue weighted by molar-refractivity contribution is 1.37. The number of aromatic amines is 1. The number of nitrogens with one attached hydrogen (secondary N) is 2. The van der Waals surface area contributed by atoms with Gasteiger partial charge >= 0.3 is 0 Å². The van der Waals surface area contributed by atoms with Crippen LogP contribution in [0.4, 0.5) is 5.69 Å². The van der Waals surface area contributed by atoms with Crippen LogP contribution in [-0.2, 0) is 0 Å². The topological polar surface area (TPSA) is 116 Å². The largest absolute Gasteiger partial charge is 0.353 e. The number of para-hydroxylation sites is 1. The molecule has 0 radical (unpaired) electrons. The molecule has 0 bridgehead atoms. The number of aromatic nitrogens is 1. The zero-order chi connectivity index (χ0) is 18.0. The molecule has 0 saturated heterocycles. The van der Waals surface area contributed by atoms with E-state index in [9.17, 15) is 10.1 Å². The molecule has 6 nitrogen and oxygen atoms in total. The minimum absolute atomic E-state index is 0.186. The van der Waals surface area contributed by atoms with Crippen molar-refractivity contribution in [1.29, 1.82) is 15.8 Å². The maximum absolute atomic E-state index is 12.7. The van der Waals surface area contributed by atoms with Crippen molar-refractivity contribution in [1.82, 2.24) is 4.98 Å². The quantitative estimate of drug-likeness (QED) is 0.544. The van der Waals surface area contributed by atoms with Crippen molar-refractivity contribution < 1.29 is 0 Å². The van der Waals surface area contributed by atoms with Gasteiger partial charge in [0.25, 0.3) is 0 Å². The molecule has 0 atom stereocenters. The first kappa shape index (κ1) is 16.1. The van der Waals surface area contributed by atoms with Crippen molar-refractivity contribution in [3.8, 4) is 18.2 Å². The van der Waals surface area contributed by atoms with E-state index in [4.69, 9.17) is 22.1 Å². The molecular formula is C18H8ClN5O. The molecule has 7 heteroatoms. The summed E-state index contributed by atoms with van der Waals surface area (Å²) in [5.74, 6) is 0. The molecule has 0 fully saturated rings. The third kappa shape index (κ3) is 2.77. The molecule has 2 N–H and O–H groups in total. The highest BCUT2D eigenvalue weighted by Crippen LogP contribution is 2.25. The van der Waals surface area contributed by atoms with Gasteiger partial charge in [-0.1, -0.05) is 17.7 Å². The lowest BCUT2D eigenvalue weighted by Gasteiger charge is -2.10. The van der Waals surface area contributed by atoms with Gasteiger partial charge in [0.2, 0.25) is 0 Å². The zero-order valence-electron chi connectivity index (χ0n) is 12.6. The number of hydrogen-bond donors (Lipinski definition) is 2. The van der Waals surface area contributed by atoms with Gasteiger partial charge in [0.05, 0.1) is 11.2 Å². The standard InChI is InChI=1S/C18H8ClN5O/c19-11-4-5-14-13(6-11)18(25)12-2-1-3-15(17(12)24-14)23-16(9-22)10(7-20)8-21/h1-6,23H,(H,24,25). The van der Waals surface area contributed by atoms with Gasteiger partial charge in [0.1, 0.15) is 23.9 Å². The molecule has 118 valence electrons. The molecule has 0 spiro atoms. The molecule has 3 aromatic rings. The second kappa shape index (κ2) is 6.37. The second-order valence-electron chi connectivity index (χ2n) is 5.08. The molecular weight excluding hydrogens is 338 g/mol. The number of H-pyrrole nitrogens is 1. The normalized spacial score (nSPS) is 9.84. The summed E-state index contributed by atoms with van der Waals surface area (Å²) in [5.41, 5.74) is 0.720. The highest BCUT2D eigenvalue weighted by atomic mass is 35.5. The Morgan fingerprint density at radius 1 is 1.04 bits per heavy atom. The van der Waals surface area contributed by atoms with Gasteiger partial charge in [-0.05, 0) is 30.3 Å². The predicted molar refractivity (Wildman–Crippen MR) is 94.6 cm³/mol. The average molecular weight is 346 g/mol. The minimum Gasteiger partial charge on any atom is -0.353 e. The number of allylic oxidation sites excluding steroid dienone is 2. The molecule has 2 aromatic carbocycles. The Bertz CT molecular complexity index is 1220. The lowest BCUT2D eigenvalue weighted by atomic mass is 10.1. The molecule has 25 heavy (non-hydrogen) atoms. The third-order valence-corrected chi connectivity index (χ3v) is 3.88. The van der Waals surface area contributed by atoms with Crippen LogP contribution >= 0.6 is 11.6 Å². The number of benzene rings is 2. The number of pyridine rings is 1. The molecule has 1 heterocycles. The summed E-state index contributed by atoms with van der Waals surface area (Å²) in [7, 11) is 0. The Morgan fingerprint density at radius 2 is 1.80 bits per heavy atom. The number of rotatable bonds is 2. The van der Waals surface area contributed by atoms with Gasteiger partial charge in [-0.15, -0.1) is 0 Å². The van der Waals surface area contributed by atoms with Gasteiger partial charge in [0.15, 0.2) is 11.0 Å². The maximum atomic E-state index is 12.7. The highest BCUT2D eigenvalue weighted by molar-refractivity contribution is 6.31. The summed E-state index contributed by atoms with van der Waals surface area (Å²) < 4.78 is 0. The monoisotopic (exact) mass is 345 g/mol. The van der Waals surface area contributed by atoms with Crippen LogP contribution < -0.4 is 10.7 Å². The van der Waals surface area contributed by atoms with E-state index in [2.05, 4.69) is 10.3 Å². The fourth-order valence-corrected chi connectivity index (χ4v) is 2.66. The predicted octanol–water partition coefficient (Wildman–Crippen LogP) is 3.57. The van der Waals surface area contributed by atoms with E-state index in [1.807, 2.05) is 0 Å². The number of nitrogens with zero attached hydrogens (tertiary/aromatic N) is 3. The molecule has 0 aliphatic carbocycles. The molecule has 0 saturated carbocycles. The van der Waals surface area contributed by atoms with Crippen LogP contribution in [0, 0.1) is 34.0 Å². The van der Waals surface area contributed by atoms with E-state index < -0.39 is 0 Å². The van der Waals surface area contributed by atoms with Gasteiger partial charge in [-0.25, -0.2) is 0 Å². The van der Waals surface area contributed by atoms with E-state index in [0.29, 0.717) is 32.5 Å². The fourth-order valence-electron chi connectivity index (χ4n) is 2.49. The first-order valence-corrected chi connectivity index (χ1v) is 7.42. The van der Waals surface area contributed by atoms with Crippen molar-refractivity contribution in [3.05, 3.63) is 62.9 Å². The summed E-state index contributed by atoms with van der Waals surface area (Å²) in [5, 5.41) is 31.1. The van der Waals surface area contributed by atoms with Crippen molar-refractivity contribution in [2.24, 2.45) is 0 Å². The number of fused-ring (bicyclic) bond motifs is 2. The van der Waals surface area contributed by atoms with Crippen LogP contribution in [0.5, 0.6) is 0 Å². The molecule has 0 amide bonds. The summed E-state index contributed by atoms with van der Waals surface area (Å²) in [6.07, 6.45) is 0. The van der Waals surface area contributed by atoms with Crippen molar-refractivity contribution >= 4 is 39.1 Å². The van der Waals surface area contributed by atoms with E-state index >= 15 is 0 Å². The van der Waals surface area contributed by atoms with E-state index in [-0.39, 0.29) is 16.7 Å². The molecule has 3 rings (SSSR count). The van der Waals surface area contributed by atoms with Crippen molar-refractivity contribution in [3.63, 3.8) is 0 Å². The Morgan fingerprint density at radius 3 is 2.48 bits per heavy atom. The molecule has 0 aliphatic heterocycles. The number of anilines is 1. The molecule has 0 unspecified atom stereocenters. The first-order valence-electron chi connectivity index (χ1n) is 7.05. The van der Waals surface area contributed by atoms with Gasteiger partial charge < -0.3 is 10.3 Å². The summed E-state index contributed by atoms with van der Waals surface area (Å²) >= 11 is 5.96. The zero-order valence-corrected chi connectivity index (χ0v) is 13.3. The lowest BCUT2D eigenvalue weighted by Crippen LogP contribution is -2.07. The minimum atomic E-state index is -0.338. The number of hydrogen-bond acceptors (Lipinski definition) is 5. The van der Waals surface area contributed by atoms with Crippen LogP contribution in [0.25, 0.3) is 21.8 Å². The maximum Gasteiger partial charge on any atom is 0.197 e. The Labute approximate surface area is 146 Å². The fraction of sp³-hybridized carbons (Fsp3) is 0. The molecule has 1 aromatic heterocycles. The number of nitriles is 3. The van der Waals surface area contributed by atoms with Crippen LogP contribution in [0.2, 0.25) is 5.02 Å². The third-order valence-electron chi connectivity index (χ3n) is 3.64. The van der Waals surface area contributed by atoms with Gasteiger partial charge in [-0.3, -0.25) is 4.79 Å².